The summed E-state index contributed by atoms with van der Waals surface area (Å²) in [5, 5.41) is 3.23. The van der Waals surface area contributed by atoms with Crippen molar-refractivity contribution in [1.82, 2.24) is 10.2 Å². The number of hydrogen-bond donors (Lipinski definition) is 1. The molecule has 0 aromatic carbocycles. The molecule has 0 aromatic rings. The van der Waals surface area contributed by atoms with E-state index in [0.717, 1.165) is 38.9 Å². The Morgan fingerprint density at radius 1 is 1.38 bits per heavy atom. The molecule has 78 valence electrons. The molecule has 0 atom stereocenters. The van der Waals surface area contributed by atoms with Crippen LogP contribution in [0.3, 0.4) is 0 Å². The van der Waals surface area contributed by atoms with Crippen molar-refractivity contribution in [2.24, 2.45) is 0 Å². The van der Waals surface area contributed by atoms with Crippen LogP contribution in [0.15, 0.2) is 0 Å². The SMILES string of the molecule is CCNCCOCCN(C)C1CC1. The Morgan fingerprint density at radius 3 is 2.77 bits per heavy atom. The van der Waals surface area contributed by atoms with Crippen LogP contribution in [-0.4, -0.2) is 50.8 Å². The molecule has 13 heavy (non-hydrogen) atoms. The minimum absolute atomic E-state index is 0.840. The molecule has 0 amide bonds. The van der Waals surface area contributed by atoms with Crippen LogP contribution in [0.2, 0.25) is 0 Å². The molecule has 1 rings (SSSR count). The first-order chi connectivity index (χ1) is 6.34. The van der Waals surface area contributed by atoms with Crippen LogP contribution < -0.4 is 5.32 Å². The molecular formula is C10H22N2O. The first-order valence-corrected chi connectivity index (χ1v) is 5.33. The van der Waals surface area contributed by atoms with E-state index in [1.165, 1.54) is 12.8 Å². The van der Waals surface area contributed by atoms with Crippen molar-refractivity contribution in [3.63, 3.8) is 0 Å². The Bertz CT molecular complexity index is 126. The maximum absolute atomic E-state index is 5.48. The van der Waals surface area contributed by atoms with E-state index in [4.69, 9.17) is 4.74 Å². The quantitative estimate of drug-likeness (QED) is 0.565. The number of hydrogen-bond acceptors (Lipinski definition) is 3. The highest BCUT2D eigenvalue weighted by atomic mass is 16.5. The average Bonchev–Trinajstić information content (AvgIpc) is 2.93. The van der Waals surface area contributed by atoms with Gasteiger partial charge in [-0.3, -0.25) is 0 Å². The van der Waals surface area contributed by atoms with Gasteiger partial charge in [0.2, 0.25) is 0 Å². The summed E-state index contributed by atoms with van der Waals surface area (Å²) in [5.74, 6) is 0. The lowest BCUT2D eigenvalue weighted by molar-refractivity contribution is 0.111. The number of nitrogens with zero attached hydrogens (tertiary/aromatic N) is 1. The highest BCUT2D eigenvalue weighted by Gasteiger charge is 2.25. The van der Waals surface area contributed by atoms with Gasteiger partial charge in [-0.15, -0.1) is 0 Å². The molecule has 0 spiro atoms. The van der Waals surface area contributed by atoms with E-state index in [9.17, 15) is 0 Å². The summed E-state index contributed by atoms with van der Waals surface area (Å²) in [6, 6.07) is 0.859. The van der Waals surface area contributed by atoms with Gasteiger partial charge in [0.25, 0.3) is 0 Å². The van der Waals surface area contributed by atoms with Crippen LogP contribution in [0.1, 0.15) is 19.8 Å². The third kappa shape index (κ3) is 5.24. The zero-order valence-corrected chi connectivity index (χ0v) is 8.88. The summed E-state index contributed by atoms with van der Waals surface area (Å²) in [4.78, 5) is 2.40. The van der Waals surface area contributed by atoms with E-state index in [1.807, 2.05) is 0 Å². The molecule has 1 N–H and O–H groups in total. The third-order valence-electron chi connectivity index (χ3n) is 2.43. The van der Waals surface area contributed by atoms with Crippen molar-refractivity contribution in [2.45, 2.75) is 25.8 Å². The summed E-state index contributed by atoms with van der Waals surface area (Å²) in [6.07, 6.45) is 2.77. The predicted molar refractivity (Wildman–Crippen MR) is 55.0 cm³/mol. The van der Waals surface area contributed by atoms with Gasteiger partial charge >= 0.3 is 0 Å². The Balaban J connectivity index is 1.77. The van der Waals surface area contributed by atoms with Crippen molar-refractivity contribution < 1.29 is 4.74 Å². The Morgan fingerprint density at radius 2 is 2.15 bits per heavy atom. The van der Waals surface area contributed by atoms with E-state index < -0.39 is 0 Å². The second kappa shape index (κ2) is 6.35. The molecule has 1 aliphatic carbocycles. The molecule has 1 aliphatic rings. The molecular weight excluding hydrogens is 164 g/mol. The summed E-state index contributed by atoms with van der Waals surface area (Å²) < 4.78 is 5.48. The number of likely N-dealkylation sites (N-methyl/N-ethyl adjacent to an activating group) is 2. The molecule has 0 unspecified atom stereocenters. The average molecular weight is 186 g/mol. The van der Waals surface area contributed by atoms with Gasteiger partial charge in [-0.25, -0.2) is 0 Å². The Kier molecular flexibility index (Phi) is 5.35. The Hall–Kier alpha value is -0.120. The lowest BCUT2D eigenvalue weighted by atomic mass is 10.5. The Labute approximate surface area is 81.4 Å². The molecule has 0 radical (unpaired) electrons. The van der Waals surface area contributed by atoms with E-state index in [1.54, 1.807) is 0 Å². The van der Waals surface area contributed by atoms with Crippen molar-refractivity contribution in [3.05, 3.63) is 0 Å². The van der Waals surface area contributed by atoms with Crippen molar-refractivity contribution >= 4 is 0 Å². The molecule has 0 saturated heterocycles. The normalized spacial score (nSPS) is 16.8. The minimum Gasteiger partial charge on any atom is -0.379 e. The largest absolute Gasteiger partial charge is 0.379 e. The topological polar surface area (TPSA) is 24.5 Å². The summed E-state index contributed by atoms with van der Waals surface area (Å²) >= 11 is 0. The first-order valence-electron chi connectivity index (χ1n) is 5.33. The van der Waals surface area contributed by atoms with Gasteiger partial charge in [-0.05, 0) is 26.4 Å². The van der Waals surface area contributed by atoms with Gasteiger partial charge in [-0.2, -0.15) is 0 Å². The molecule has 0 aliphatic heterocycles. The highest BCUT2D eigenvalue weighted by molar-refractivity contribution is 4.81. The monoisotopic (exact) mass is 186 g/mol. The lowest BCUT2D eigenvalue weighted by Gasteiger charge is -2.15. The third-order valence-corrected chi connectivity index (χ3v) is 2.43. The maximum Gasteiger partial charge on any atom is 0.0594 e. The van der Waals surface area contributed by atoms with E-state index >= 15 is 0 Å². The molecule has 1 saturated carbocycles. The number of ether oxygens (including phenoxy) is 1. The van der Waals surface area contributed by atoms with Crippen molar-refractivity contribution in [1.29, 1.82) is 0 Å². The molecule has 3 heteroatoms. The van der Waals surface area contributed by atoms with Gasteiger partial charge in [0, 0.05) is 19.1 Å². The van der Waals surface area contributed by atoms with Gasteiger partial charge < -0.3 is 15.0 Å². The standard InChI is InChI=1S/C10H22N2O/c1-3-11-6-8-13-9-7-12(2)10-4-5-10/h10-11H,3-9H2,1-2H3. The molecule has 0 aromatic heterocycles. The molecule has 0 heterocycles. The van der Waals surface area contributed by atoms with Gasteiger partial charge in [0.05, 0.1) is 13.2 Å². The number of rotatable bonds is 8. The van der Waals surface area contributed by atoms with Crippen LogP contribution in [0.25, 0.3) is 0 Å². The minimum atomic E-state index is 0.840. The smallest absolute Gasteiger partial charge is 0.0594 e. The second-order valence-electron chi connectivity index (χ2n) is 3.68. The fraction of sp³-hybridized carbons (Fsp3) is 1.00. The van der Waals surface area contributed by atoms with E-state index in [2.05, 4.69) is 24.2 Å². The highest BCUT2D eigenvalue weighted by Crippen LogP contribution is 2.24. The maximum atomic E-state index is 5.48. The zero-order valence-electron chi connectivity index (χ0n) is 8.88. The van der Waals surface area contributed by atoms with Crippen LogP contribution >= 0.6 is 0 Å². The van der Waals surface area contributed by atoms with Crippen molar-refractivity contribution in [2.75, 3.05) is 39.9 Å². The molecule has 1 fully saturated rings. The molecule has 3 nitrogen and oxygen atoms in total. The first kappa shape index (κ1) is 11.0. The van der Waals surface area contributed by atoms with E-state index in [0.29, 0.717) is 0 Å². The second-order valence-corrected chi connectivity index (χ2v) is 3.68. The van der Waals surface area contributed by atoms with E-state index in [-0.39, 0.29) is 0 Å². The fourth-order valence-electron chi connectivity index (χ4n) is 1.33. The van der Waals surface area contributed by atoms with Crippen LogP contribution in [-0.2, 0) is 4.74 Å². The lowest BCUT2D eigenvalue weighted by Crippen LogP contribution is -2.26. The fourth-order valence-corrected chi connectivity index (χ4v) is 1.33. The summed E-state index contributed by atoms with van der Waals surface area (Å²) in [5.41, 5.74) is 0. The number of nitrogens with one attached hydrogen (secondary N) is 1. The summed E-state index contributed by atoms with van der Waals surface area (Å²) in [6.45, 7) is 6.91. The van der Waals surface area contributed by atoms with Gasteiger partial charge in [0.15, 0.2) is 0 Å². The summed E-state index contributed by atoms with van der Waals surface area (Å²) in [7, 11) is 2.19. The predicted octanol–water partition coefficient (Wildman–Crippen LogP) is 0.707. The van der Waals surface area contributed by atoms with Crippen LogP contribution in [0.5, 0.6) is 0 Å². The van der Waals surface area contributed by atoms with Crippen molar-refractivity contribution in [3.8, 4) is 0 Å². The van der Waals surface area contributed by atoms with Gasteiger partial charge in [-0.1, -0.05) is 6.92 Å². The van der Waals surface area contributed by atoms with Crippen LogP contribution in [0.4, 0.5) is 0 Å². The van der Waals surface area contributed by atoms with Gasteiger partial charge in [0.1, 0.15) is 0 Å². The zero-order chi connectivity index (χ0) is 9.52. The van der Waals surface area contributed by atoms with Crippen LogP contribution in [0, 0.1) is 0 Å². The molecule has 0 bridgehead atoms.